The molecule has 16 aromatic rings. The summed E-state index contributed by atoms with van der Waals surface area (Å²) in [6.45, 7) is 0. The fourth-order valence-corrected chi connectivity index (χ4v) is 14.5. The molecule has 0 nitrogen and oxygen atoms in total. The molecular weight excluding hydrogens is 925 g/mol. The summed E-state index contributed by atoms with van der Waals surface area (Å²) in [6.07, 6.45) is 0. The Morgan fingerprint density at radius 1 is 0.156 bits per heavy atom. The highest BCUT2D eigenvalue weighted by Crippen LogP contribution is 2.64. The molecule has 2 aliphatic carbocycles. The normalized spacial score (nSPS) is 13.3. The first kappa shape index (κ1) is 41.5. The van der Waals surface area contributed by atoms with Crippen LogP contribution >= 0.6 is 0 Å². The van der Waals surface area contributed by atoms with Gasteiger partial charge in [0.1, 0.15) is 0 Å². The summed E-state index contributed by atoms with van der Waals surface area (Å²) in [5.41, 5.74) is 19.6. The third-order valence-electron chi connectivity index (χ3n) is 18.0. The number of hydrogen-bond donors (Lipinski definition) is 0. The van der Waals surface area contributed by atoms with Gasteiger partial charge in [0.2, 0.25) is 0 Å². The highest BCUT2D eigenvalue weighted by Gasteiger charge is 2.52. The van der Waals surface area contributed by atoms with Crippen LogP contribution in [0.25, 0.3) is 153 Å². The monoisotopic (exact) mass is 968 g/mol. The predicted molar refractivity (Wildman–Crippen MR) is 327 cm³/mol. The number of fused-ring (bicyclic) bond motifs is 12. The van der Waals surface area contributed by atoms with Crippen LogP contribution in [0, 0.1) is 0 Å². The third-order valence-corrected chi connectivity index (χ3v) is 18.0. The van der Waals surface area contributed by atoms with Crippen LogP contribution in [-0.2, 0) is 5.41 Å². The smallest absolute Gasteiger partial charge is 0.0616 e. The summed E-state index contributed by atoms with van der Waals surface area (Å²) in [6, 6.07) is 102. The van der Waals surface area contributed by atoms with Gasteiger partial charge in [-0.2, -0.15) is 0 Å². The minimum atomic E-state index is -0.659. The van der Waals surface area contributed by atoms with E-state index in [4.69, 9.17) is 0 Å². The first-order valence-electron chi connectivity index (χ1n) is 27.0. The SMILES string of the molecule is c1ccc2cc(-c3ccc4c(c3)C3(c5cc(-c6ccc7ccccc7c6)ccc5-4)c4cc(-c5cc6ccc7cccc8ccc(c5)c6c78)ccc4-c4ccc(-c5cc6ccc7cccc8ccc(c5)c6c78)cc43)ccc2c1. The fourth-order valence-electron chi connectivity index (χ4n) is 14.5. The highest BCUT2D eigenvalue weighted by atomic mass is 14.5. The lowest BCUT2D eigenvalue weighted by Crippen LogP contribution is -2.26. The van der Waals surface area contributed by atoms with Gasteiger partial charge in [0.05, 0.1) is 5.41 Å². The van der Waals surface area contributed by atoms with E-state index in [1.807, 2.05) is 0 Å². The Labute approximate surface area is 445 Å². The summed E-state index contributed by atoms with van der Waals surface area (Å²) < 4.78 is 0. The van der Waals surface area contributed by atoms with Crippen molar-refractivity contribution >= 4 is 86.2 Å². The van der Waals surface area contributed by atoms with Gasteiger partial charge in [0, 0.05) is 0 Å². The van der Waals surface area contributed by atoms with E-state index in [0.717, 1.165) is 0 Å². The number of benzene rings is 16. The standard InChI is InChI=1S/C77H44/c1-3-9-51-35-53(21-15-45(51)7-1)55-27-31-65-66-32-28-56(54-22-16-46-8-2-4-10-52(46)36-54)42-70(66)77(69(65)41-55)71-43-57(63-37-59-23-17-47-11-5-12-48-18-24-60(38-63)75(59)73(47)48)29-33-67(71)68-34-30-58(44-72(68)77)64-39-61-25-19-49-13-6-14-50-20-26-62(40-64)76(61)74(49)50/h1-44H. The Kier molecular flexibility index (Phi) is 8.15. The van der Waals surface area contributed by atoms with Crippen molar-refractivity contribution in [1.29, 1.82) is 0 Å². The first-order chi connectivity index (χ1) is 38.1. The van der Waals surface area contributed by atoms with Crippen LogP contribution in [0.1, 0.15) is 22.3 Å². The number of hydrogen-bond acceptors (Lipinski definition) is 0. The topological polar surface area (TPSA) is 0 Å². The van der Waals surface area contributed by atoms with Gasteiger partial charge in [-0.05, 0) is 236 Å². The van der Waals surface area contributed by atoms with Crippen molar-refractivity contribution in [3.8, 4) is 66.8 Å². The second-order valence-corrected chi connectivity index (χ2v) is 21.9. The maximum atomic E-state index is 2.57. The van der Waals surface area contributed by atoms with Gasteiger partial charge in [-0.15, -0.1) is 0 Å². The fraction of sp³-hybridized carbons (Fsp3) is 0.0130. The van der Waals surface area contributed by atoms with Gasteiger partial charge in [0.15, 0.2) is 0 Å². The lowest BCUT2D eigenvalue weighted by molar-refractivity contribution is 0.795. The van der Waals surface area contributed by atoms with E-state index in [2.05, 4.69) is 267 Å². The molecule has 0 unspecified atom stereocenters. The van der Waals surface area contributed by atoms with Crippen LogP contribution in [0.5, 0.6) is 0 Å². The molecule has 1 spiro atoms. The third kappa shape index (κ3) is 5.71. The lowest BCUT2D eigenvalue weighted by Gasteiger charge is -2.32. The average Bonchev–Trinajstić information content (AvgIpc) is 4.18. The molecule has 0 amide bonds. The highest BCUT2D eigenvalue weighted by molar-refractivity contribution is 6.25. The van der Waals surface area contributed by atoms with Crippen molar-refractivity contribution in [3.63, 3.8) is 0 Å². The molecule has 0 radical (unpaired) electrons. The van der Waals surface area contributed by atoms with Crippen LogP contribution in [0.2, 0.25) is 0 Å². The Balaban J connectivity index is 0.923. The number of rotatable bonds is 4. The molecule has 352 valence electrons. The Morgan fingerprint density at radius 2 is 0.390 bits per heavy atom. The molecule has 0 saturated heterocycles. The van der Waals surface area contributed by atoms with Crippen LogP contribution in [0.3, 0.4) is 0 Å². The van der Waals surface area contributed by atoms with Crippen LogP contribution in [-0.4, -0.2) is 0 Å². The molecule has 0 atom stereocenters. The minimum Gasteiger partial charge on any atom is -0.0616 e. The second kappa shape index (κ2) is 15.1. The zero-order valence-electron chi connectivity index (χ0n) is 41.9. The molecule has 0 aromatic heterocycles. The van der Waals surface area contributed by atoms with Gasteiger partial charge in [-0.25, -0.2) is 0 Å². The molecule has 18 rings (SSSR count). The minimum absolute atomic E-state index is 0.659. The van der Waals surface area contributed by atoms with E-state index >= 15 is 0 Å². The van der Waals surface area contributed by atoms with E-state index < -0.39 is 5.41 Å². The molecule has 16 aromatic carbocycles. The van der Waals surface area contributed by atoms with E-state index in [9.17, 15) is 0 Å². The van der Waals surface area contributed by atoms with Crippen molar-refractivity contribution in [2.75, 3.05) is 0 Å². The van der Waals surface area contributed by atoms with E-state index in [1.54, 1.807) is 0 Å². The van der Waals surface area contributed by atoms with E-state index in [-0.39, 0.29) is 0 Å². The van der Waals surface area contributed by atoms with Crippen molar-refractivity contribution in [1.82, 2.24) is 0 Å². The van der Waals surface area contributed by atoms with E-state index in [0.29, 0.717) is 0 Å². The predicted octanol–water partition coefficient (Wildman–Crippen LogP) is 20.8. The molecule has 0 heteroatoms. The summed E-state index contributed by atoms with van der Waals surface area (Å²) in [7, 11) is 0. The van der Waals surface area contributed by atoms with Gasteiger partial charge >= 0.3 is 0 Å². The molecule has 0 fully saturated rings. The molecule has 0 saturated carbocycles. The molecule has 0 aliphatic heterocycles. The van der Waals surface area contributed by atoms with Crippen LogP contribution < -0.4 is 0 Å². The summed E-state index contributed by atoms with van der Waals surface area (Å²) in [5.74, 6) is 0. The Bertz CT molecular complexity index is 4770. The van der Waals surface area contributed by atoms with Crippen molar-refractivity contribution in [2.24, 2.45) is 0 Å². The van der Waals surface area contributed by atoms with Crippen molar-refractivity contribution in [3.05, 3.63) is 289 Å². The molecular formula is C77H44. The van der Waals surface area contributed by atoms with Gasteiger partial charge in [-0.3, -0.25) is 0 Å². The van der Waals surface area contributed by atoms with Gasteiger partial charge in [-0.1, -0.05) is 206 Å². The quantitative estimate of drug-likeness (QED) is 0.154. The average molecular weight is 969 g/mol. The zero-order chi connectivity index (χ0) is 50.1. The molecule has 77 heavy (non-hydrogen) atoms. The molecule has 0 N–H and O–H groups in total. The summed E-state index contributed by atoms with van der Waals surface area (Å²) >= 11 is 0. The van der Waals surface area contributed by atoms with Crippen molar-refractivity contribution < 1.29 is 0 Å². The summed E-state index contributed by atoms with van der Waals surface area (Å²) in [5, 5.41) is 20.6. The molecule has 2 aliphatic rings. The molecule has 0 heterocycles. The van der Waals surface area contributed by atoms with E-state index in [1.165, 1.54) is 175 Å². The van der Waals surface area contributed by atoms with Crippen molar-refractivity contribution in [2.45, 2.75) is 5.41 Å². The van der Waals surface area contributed by atoms with Gasteiger partial charge < -0.3 is 0 Å². The Morgan fingerprint density at radius 3 is 0.740 bits per heavy atom. The van der Waals surface area contributed by atoms with Crippen LogP contribution in [0.15, 0.2) is 267 Å². The molecule has 0 bridgehead atoms. The van der Waals surface area contributed by atoms with Crippen LogP contribution in [0.4, 0.5) is 0 Å². The largest absolute Gasteiger partial charge is 0.0726 e. The summed E-state index contributed by atoms with van der Waals surface area (Å²) in [4.78, 5) is 0. The Hall–Kier alpha value is -9.88. The first-order valence-corrected chi connectivity index (χ1v) is 27.0. The second-order valence-electron chi connectivity index (χ2n) is 21.9. The zero-order valence-corrected chi connectivity index (χ0v) is 41.9. The maximum absolute atomic E-state index is 2.57. The lowest BCUT2D eigenvalue weighted by atomic mass is 9.69. The maximum Gasteiger partial charge on any atom is 0.0726 e. The van der Waals surface area contributed by atoms with Gasteiger partial charge in [0.25, 0.3) is 0 Å².